The summed E-state index contributed by atoms with van der Waals surface area (Å²) in [7, 11) is 1.97. The molecule has 1 saturated heterocycles. The van der Waals surface area contributed by atoms with E-state index in [9.17, 15) is 4.79 Å². The van der Waals surface area contributed by atoms with Gasteiger partial charge in [-0.25, -0.2) is 4.68 Å². The first-order valence-corrected chi connectivity index (χ1v) is 8.25. The molecule has 5 nitrogen and oxygen atoms in total. The average Bonchev–Trinajstić information content (AvgIpc) is 2.96. The first-order chi connectivity index (χ1) is 11.1. The number of hydrogen-bond acceptors (Lipinski definition) is 3. The van der Waals surface area contributed by atoms with E-state index in [0.717, 1.165) is 37.3 Å². The predicted octanol–water partition coefficient (Wildman–Crippen LogP) is 2.66. The third-order valence-corrected chi connectivity index (χ3v) is 4.83. The van der Waals surface area contributed by atoms with Gasteiger partial charge in [0.2, 0.25) is 0 Å². The Hall–Kier alpha value is -1.85. The molecule has 2 aromatic rings. The van der Waals surface area contributed by atoms with Gasteiger partial charge in [-0.3, -0.25) is 4.79 Å². The Kier molecular flexibility index (Phi) is 4.68. The van der Waals surface area contributed by atoms with Crippen LogP contribution in [0.2, 0.25) is 5.02 Å². The van der Waals surface area contributed by atoms with Gasteiger partial charge in [-0.05, 0) is 38.9 Å². The van der Waals surface area contributed by atoms with Crippen LogP contribution in [0.1, 0.15) is 28.9 Å². The van der Waals surface area contributed by atoms with Crippen molar-refractivity contribution < 1.29 is 4.79 Å². The van der Waals surface area contributed by atoms with Crippen molar-refractivity contribution in [1.29, 1.82) is 0 Å². The predicted molar refractivity (Wildman–Crippen MR) is 91.3 cm³/mol. The van der Waals surface area contributed by atoms with Gasteiger partial charge in [0.15, 0.2) is 0 Å². The summed E-state index contributed by atoms with van der Waals surface area (Å²) in [5.41, 5.74) is 2.26. The number of para-hydroxylation sites is 1. The van der Waals surface area contributed by atoms with Crippen molar-refractivity contribution in [3.8, 4) is 5.69 Å². The average molecular weight is 333 g/mol. The van der Waals surface area contributed by atoms with E-state index in [-0.39, 0.29) is 5.91 Å². The zero-order chi connectivity index (χ0) is 16.4. The Morgan fingerprint density at radius 3 is 2.65 bits per heavy atom. The number of carbonyl (C=O) groups excluding carboxylic acids is 1. The third-order valence-electron chi connectivity index (χ3n) is 4.51. The molecule has 1 fully saturated rings. The number of rotatable bonds is 3. The Labute approximate surface area is 141 Å². The molecule has 6 heteroatoms. The summed E-state index contributed by atoms with van der Waals surface area (Å²) < 4.78 is 1.73. The molecule has 1 amide bonds. The standard InChI is InChI=1S/C17H21ClN4O/c1-12-14(17(23)21-9-7-13(19-2)8-10-21)11-20-22(12)16-6-4-3-5-15(16)18/h3-6,11,13,19H,7-10H2,1-2H3. The van der Waals surface area contributed by atoms with Gasteiger partial charge in [-0.15, -0.1) is 0 Å². The van der Waals surface area contributed by atoms with Crippen molar-refractivity contribution in [2.45, 2.75) is 25.8 Å². The van der Waals surface area contributed by atoms with E-state index in [1.54, 1.807) is 10.9 Å². The largest absolute Gasteiger partial charge is 0.338 e. The molecule has 0 radical (unpaired) electrons. The molecule has 0 atom stereocenters. The second kappa shape index (κ2) is 6.72. The number of aromatic nitrogens is 2. The lowest BCUT2D eigenvalue weighted by atomic mass is 10.0. The molecular formula is C17H21ClN4O. The van der Waals surface area contributed by atoms with Gasteiger partial charge in [0, 0.05) is 19.1 Å². The summed E-state index contributed by atoms with van der Waals surface area (Å²) in [5.74, 6) is 0.0513. The van der Waals surface area contributed by atoms with Crippen molar-refractivity contribution in [2.24, 2.45) is 0 Å². The number of carbonyl (C=O) groups is 1. The maximum atomic E-state index is 12.8. The molecule has 1 N–H and O–H groups in total. The van der Waals surface area contributed by atoms with Crippen molar-refractivity contribution in [3.63, 3.8) is 0 Å². The summed E-state index contributed by atoms with van der Waals surface area (Å²) >= 11 is 6.24. The number of piperidine rings is 1. The SMILES string of the molecule is CNC1CCN(C(=O)c2cnn(-c3ccccc3Cl)c2C)CC1. The van der Waals surface area contributed by atoms with Gasteiger partial charge in [-0.1, -0.05) is 23.7 Å². The second-order valence-corrected chi connectivity index (χ2v) is 6.27. The summed E-state index contributed by atoms with van der Waals surface area (Å²) in [6, 6.07) is 8.01. The Morgan fingerprint density at radius 2 is 2.00 bits per heavy atom. The van der Waals surface area contributed by atoms with Crippen LogP contribution in [0.3, 0.4) is 0 Å². The summed E-state index contributed by atoms with van der Waals surface area (Å²) in [6.45, 7) is 3.46. The van der Waals surface area contributed by atoms with Crippen LogP contribution in [0.5, 0.6) is 0 Å². The van der Waals surface area contributed by atoms with Crippen LogP contribution in [0.4, 0.5) is 0 Å². The summed E-state index contributed by atoms with van der Waals surface area (Å²) in [6.07, 6.45) is 3.62. The second-order valence-electron chi connectivity index (χ2n) is 5.86. The van der Waals surface area contributed by atoms with E-state index in [0.29, 0.717) is 16.6 Å². The number of nitrogens with one attached hydrogen (secondary N) is 1. The number of halogens is 1. The lowest BCUT2D eigenvalue weighted by Gasteiger charge is -2.31. The van der Waals surface area contributed by atoms with Gasteiger partial charge in [-0.2, -0.15) is 5.10 Å². The van der Waals surface area contributed by atoms with E-state index in [1.807, 2.05) is 43.1 Å². The van der Waals surface area contributed by atoms with Crippen LogP contribution >= 0.6 is 11.6 Å². The molecule has 0 spiro atoms. The number of amides is 1. The highest BCUT2D eigenvalue weighted by Gasteiger charge is 2.25. The Bertz CT molecular complexity index is 704. The first kappa shape index (κ1) is 16.0. The topological polar surface area (TPSA) is 50.2 Å². The Morgan fingerprint density at radius 1 is 1.30 bits per heavy atom. The monoisotopic (exact) mass is 332 g/mol. The fraction of sp³-hybridized carbons (Fsp3) is 0.412. The lowest BCUT2D eigenvalue weighted by molar-refractivity contribution is 0.0706. The molecule has 1 aliphatic rings. The van der Waals surface area contributed by atoms with Gasteiger partial charge in [0.1, 0.15) is 0 Å². The van der Waals surface area contributed by atoms with Crippen molar-refractivity contribution in [2.75, 3.05) is 20.1 Å². The summed E-state index contributed by atoms with van der Waals surface area (Å²) in [4.78, 5) is 14.7. The number of likely N-dealkylation sites (tertiary alicyclic amines) is 1. The van der Waals surface area contributed by atoms with Crippen LogP contribution in [-0.2, 0) is 0 Å². The van der Waals surface area contributed by atoms with Crippen LogP contribution in [0.15, 0.2) is 30.5 Å². The van der Waals surface area contributed by atoms with Crippen LogP contribution in [-0.4, -0.2) is 46.8 Å². The number of benzene rings is 1. The fourth-order valence-corrected chi connectivity index (χ4v) is 3.24. The normalized spacial score (nSPS) is 15.9. The van der Waals surface area contributed by atoms with Crippen molar-refractivity contribution >= 4 is 17.5 Å². The smallest absolute Gasteiger partial charge is 0.257 e. The third kappa shape index (κ3) is 3.12. The molecule has 0 saturated carbocycles. The molecule has 2 heterocycles. The van der Waals surface area contributed by atoms with E-state index in [1.165, 1.54) is 0 Å². The first-order valence-electron chi connectivity index (χ1n) is 7.88. The molecule has 1 aromatic carbocycles. The van der Waals surface area contributed by atoms with Gasteiger partial charge in [0.05, 0.1) is 28.2 Å². The minimum atomic E-state index is 0.0513. The van der Waals surface area contributed by atoms with Crippen molar-refractivity contribution in [1.82, 2.24) is 20.0 Å². The van der Waals surface area contributed by atoms with Gasteiger partial charge < -0.3 is 10.2 Å². The lowest BCUT2D eigenvalue weighted by Crippen LogP contribution is -2.44. The molecular weight excluding hydrogens is 312 g/mol. The van der Waals surface area contributed by atoms with Gasteiger partial charge in [0.25, 0.3) is 5.91 Å². The molecule has 122 valence electrons. The zero-order valence-electron chi connectivity index (χ0n) is 13.4. The van der Waals surface area contributed by atoms with E-state index >= 15 is 0 Å². The molecule has 1 aliphatic heterocycles. The van der Waals surface area contributed by atoms with E-state index < -0.39 is 0 Å². The van der Waals surface area contributed by atoms with Crippen LogP contribution in [0, 0.1) is 6.92 Å². The minimum Gasteiger partial charge on any atom is -0.338 e. The molecule has 23 heavy (non-hydrogen) atoms. The maximum Gasteiger partial charge on any atom is 0.257 e. The van der Waals surface area contributed by atoms with Crippen LogP contribution in [0.25, 0.3) is 5.69 Å². The van der Waals surface area contributed by atoms with Crippen LogP contribution < -0.4 is 5.32 Å². The highest BCUT2D eigenvalue weighted by atomic mass is 35.5. The number of nitrogens with zero attached hydrogens (tertiary/aromatic N) is 3. The van der Waals surface area contributed by atoms with Gasteiger partial charge >= 0.3 is 0 Å². The molecule has 0 unspecified atom stereocenters. The molecule has 0 bridgehead atoms. The molecule has 1 aromatic heterocycles. The minimum absolute atomic E-state index is 0.0513. The van der Waals surface area contributed by atoms with E-state index in [2.05, 4.69) is 10.4 Å². The molecule has 0 aliphatic carbocycles. The van der Waals surface area contributed by atoms with Crippen molar-refractivity contribution in [3.05, 3.63) is 46.7 Å². The fourth-order valence-electron chi connectivity index (χ4n) is 3.03. The highest BCUT2D eigenvalue weighted by molar-refractivity contribution is 6.32. The zero-order valence-corrected chi connectivity index (χ0v) is 14.2. The Balaban J connectivity index is 1.82. The highest BCUT2D eigenvalue weighted by Crippen LogP contribution is 2.23. The quantitative estimate of drug-likeness (QED) is 0.940. The summed E-state index contributed by atoms with van der Waals surface area (Å²) in [5, 5.41) is 8.26. The maximum absolute atomic E-state index is 12.8. The molecule has 3 rings (SSSR count). The number of hydrogen-bond donors (Lipinski definition) is 1. The van der Waals surface area contributed by atoms with E-state index in [4.69, 9.17) is 11.6 Å².